The highest BCUT2D eigenvalue weighted by Crippen LogP contribution is 2.36. The third-order valence-corrected chi connectivity index (χ3v) is 4.64. The number of halogens is 3. The lowest BCUT2D eigenvalue weighted by molar-refractivity contribution is 0.253. The van der Waals surface area contributed by atoms with Gasteiger partial charge < -0.3 is 5.32 Å². The van der Waals surface area contributed by atoms with Crippen LogP contribution in [0.4, 0.5) is 10.1 Å². The van der Waals surface area contributed by atoms with Gasteiger partial charge in [-0.15, -0.1) is 0 Å². The molecule has 0 spiro atoms. The van der Waals surface area contributed by atoms with Crippen LogP contribution in [0.1, 0.15) is 33.1 Å². The molecule has 0 aromatic heterocycles. The maximum absolute atomic E-state index is 13.1. The van der Waals surface area contributed by atoms with E-state index in [1.54, 1.807) is 0 Å². The van der Waals surface area contributed by atoms with E-state index in [1.807, 2.05) is 0 Å². The van der Waals surface area contributed by atoms with Crippen LogP contribution in [0.15, 0.2) is 12.1 Å². The molecule has 1 aromatic carbocycles. The molecule has 1 aliphatic rings. The zero-order valence-corrected chi connectivity index (χ0v) is 12.2. The molecule has 0 radical (unpaired) electrons. The predicted octanol–water partition coefficient (Wildman–Crippen LogP) is 5.37. The number of hydrogen-bond donors (Lipinski definition) is 1. The lowest BCUT2D eigenvalue weighted by atomic mass is 9.78. The molecular formula is C14H18Cl2FN. The molecule has 4 heteroatoms. The molecule has 3 unspecified atom stereocenters. The van der Waals surface area contributed by atoms with E-state index in [9.17, 15) is 4.39 Å². The standard InChI is InChI=1S/C14H18Cl2FN/c1-8-4-3-5-13(9(8)2)18-14-11(15)6-10(17)7-12(14)16/h6-9,13,18H,3-5H2,1-2H3. The first-order valence-corrected chi connectivity index (χ1v) is 7.15. The number of hydrogen-bond acceptors (Lipinski definition) is 1. The van der Waals surface area contributed by atoms with Gasteiger partial charge in [0.2, 0.25) is 0 Å². The average molecular weight is 290 g/mol. The molecule has 0 saturated heterocycles. The molecular weight excluding hydrogens is 272 g/mol. The number of nitrogens with one attached hydrogen (secondary N) is 1. The molecule has 0 amide bonds. The first-order chi connectivity index (χ1) is 8.49. The van der Waals surface area contributed by atoms with Crippen molar-refractivity contribution in [3.8, 4) is 0 Å². The van der Waals surface area contributed by atoms with Gasteiger partial charge >= 0.3 is 0 Å². The third kappa shape index (κ3) is 2.92. The van der Waals surface area contributed by atoms with E-state index in [-0.39, 0.29) is 0 Å². The van der Waals surface area contributed by atoms with E-state index in [2.05, 4.69) is 19.2 Å². The first kappa shape index (κ1) is 14.0. The van der Waals surface area contributed by atoms with E-state index in [1.165, 1.54) is 25.0 Å². The van der Waals surface area contributed by atoms with Gasteiger partial charge in [0.25, 0.3) is 0 Å². The fourth-order valence-corrected chi connectivity index (χ4v) is 3.22. The molecule has 1 saturated carbocycles. The van der Waals surface area contributed by atoms with Crippen LogP contribution in [-0.2, 0) is 0 Å². The summed E-state index contributed by atoms with van der Waals surface area (Å²) in [6.45, 7) is 4.51. The van der Waals surface area contributed by atoms with E-state index in [0.717, 1.165) is 6.42 Å². The third-order valence-electron chi connectivity index (χ3n) is 4.04. The summed E-state index contributed by atoms with van der Waals surface area (Å²) in [7, 11) is 0. The van der Waals surface area contributed by atoms with Crippen molar-refractivity contribution in [1.29, 1.82) is 0 Å². The minimum absolute atomic E-state index is 0.352. The molecule has 1 aromatic rings. The van der Waals surface area contributed by atoms with Crippen molar-refractivity contribution in [3.05, 3.63) is 28.0 Å². The lowest BCUT2D eigenvalue weighted by Gasteiger charge is -2.35. The summed E-state index contributed by atoms with van der Waals surface area (Å²) in [5, 5.41) is 4.10. The Bertz CT molecular complexity index is 413. The molecule has 0 heterocycles. The maximum Gasteiger partial charge on any atom is 0.126 e. The first-order valence-electron chi connectivity index (χ1n) is 6.40. The Hall–Kier alpha value is -0.470. The van der Waals surface area contributed by atoms with Crippen molar-refractivity contribution < 1.29 is 4.39 Å². The zero-order valence-electron chi connectivity index (χ0n) is 10.6. The summed E-state index contributed by atoms with van der Waals surface area (Å²) < 4.78 is 13.1. The van der Waals surface area contributed by atoms with Crippen LogP contribution in [0.25, 0.3) is 0 Å². The van der Waals surface area contributed by atoms with Crippen LogP contribution >= 0.6 is 23.2 Å². The van der Waals surface area contributed by atoms with Crippen LogP contribution in [0.5, 0.6) is 0 Å². The van der Waals surface area contributed by atoms with Crippen molar-refractivity contribution in [2.24, 2.45) is 11.8 Å². The molecule has 100 valence electrons. The molecule has 1 nitrogen and oxygen atoms in total. The summed E-state index contributed by atoms with van der Waals surface area (Å²) in [6.07, 6.45) is 3.58. The van der Waals surface area contributed by atoms with Gasteiger partial charge in [-0.05, 0) is 30.4 Å². The van der Waals surface area contributed by atoms with Crippen LogP contribution in [0, 0.1) is 17.7 Å². The van der Waals surface area contributed by atoms with Crippen LogP contribution in [-0.4, -0.2) is 6.04 Å². The Morgan fingerprint density at radius 3 is 2.39 bits per heavy atom. The summed E-state index contributed by atoms with van der Waals surface area (Å²) in [5.41, 5.74) is 0.658. The maximum atomic E-state index is 13.1. The van der Waals surface area contributed by atoms with E-state index >= 15 is 0 Å². The van der Waals surface area contributed by atoms with Gasteiger partial charge in [-0.2, -0.15) is 0 Å². The summed E-state index contributed by atoms with van der Waals surface area (Å²) in [4.78, 5) is 0. The average Bonchev–Trinajstić information content (AvgIpc) is 2.28. The minimum atomic E-state index is -0.402. The van der Waals surface area contributed by atoms with E-state index in [4.69, 9.17) is 23.2 Å². The Morgan fingerprint density at radius 1 is 1.17 bits per heavy atom. The Morgan fingerprint density at radius 2 is 1.78 bits per heavy atom. The topological polar surface area (TPSA) is 12.0 Å². The molecule has 0 aliphatic heterocycles. The van der Waals surface area contributed by atoms with Gasteiger partial charge in [-0.3, -0.25) is 0 Å². The molecule has 0 bridgehead atoms. The largest absolute Gasteiger partial charge is 0.380 e. The summed E-state index contributed by atoms with van der Waals surface area (Å²) in [5.74, 6) is 0.853. The molecule has 2 rings (SSSR count). The Kier molecular flexibility index (Phi) is 4.39. The van der Waals surface area contributed by atoms with Crippen LogP contribution in [0.3, 0.4) is 0 Å². The molecule has 1 fully saturated rings. The van der Waals surface area contributed by atoms with E-state index < -0.39 is 5.82 Å². The SMILES string of the molecule is CC1CCCC(Nc2c(Cl)cc(F)cc2Cl)C1C. The molecule has 1 aliphatic carbocycles. The quantitative estimate of drug-likeness (QED) is 0.772. The summed E-state index contributed by atoms with van der Waals surface area (Å²) in [6, 6.07) is 2.95. The van der Waals surface area contributed by atoms with Crippen molar-refractivity contribution in [2.45, 2.75) is 39.2 Å². The van der Waals surface area contributed by atoms with Crippen molar-refractivity contribution in [1.82, 2.24) is 0 Å². The lowest BCUT2D eigenvalue weighted by Crippen LogP contribution is -2.35. The Balaban J connectivity index is 2.18. The van der Waals surface area contributed by atoms with Gasteiger partial charge in [0.05, 0.1) is 15.7 Å². The second-order valence-corrected chi connectivity index (χ2v) is 6.08. The zero-order chi connectivity index (χ0) is 13.3. The number of rotatable bonds is 2. The van der Waals surface area contributed by atoms with Gasteiger partial charge in [-0.1, -0.05) is 49.9 Å². The predicted molar refractivity (Wildman–Crippen MR) is 76.0 cm³/mol. The molecule has 3 atom stereocenters. The van der Waals surface area contributed by atoms with Crippen LogP contribution in [0.2, 0.25) is 10.0 Å². The molecule has 18 heavy (non-hydrogen) atoms. The van der Waals surface area contributed by atoms with Crippen molar-refractivity contribution in [2.75, 3.05) is 5.32 Å². The number of benzene rings is 1. The van der Waals surface area contributed by atoms with Gasteiger partial charge in [0.1, 0.15) is 5.82 Å². The van der Waals surface area contributed by atoms with Crippen molar-refractivity contribution >= 4 is 28.9 Å². The van der Waals surface area contributed by atoms with E-state index in [0.29, 0.717) is 33.6 Å². The highest BCUT2D eigenvalue weighted by Gasteiger charge is 2.27. The highest BCUT2D eigenvalue weighted by molar-refractivity contribution is 6.39. The van der Waals surface area contributed by atoms with Gasteiger partial charge in [0.15, 0.2) is 0 Å². The monoisotopic (exact) mass is 289 g/mol. The van der Waals surface area contributed by atoms with Crippen LogP contribution < -0.4 is 5.32 Å². The fourth-order valence-electron chi connectivity index (χ4n) is 2.65. The summed E-state index contributed by atoms with van der Waals surface area (Å²) >= 11 is 12.1. The highest BCUT2D eigenvalue weighted by atomic mass is 35.5. The van der Waals surface area contributed by atoms with Gasteiger partial charge in [0, 0.05) is 6.04 Å². The second kappa shape index (κ2) is 5.66. The molecule has 1 N–H and O–H groups in total. The minimum Gasteiger partial charge on any atom is -0.380 e. The normalized spacial score (nSPS) is 28.2. The smallest absolute Gasteiger partial charge is 0.126 e. The second-order valence-electron chi connectivity index (χ2n) is 5.26. The Labute approximate surface area is 118 Å². The number of anilines is 1. The van der Waals surface area contributed by atoms with Crippen molar-refractivity contribution in [3.63, 3.8) is 0 Å². The van der Waals surface area contributed by atoms with Gasteiger partial charge in [-0.25, -0.2) is 4.39 Å². The fraction of sp³-hybridized carbons (Fsp3) is 0.571.